The normalized spacial score (nSPS) is 27.8. The molecule has 6 nitrogen and oxygen atoms in total. The maximum Gasteiger partial charge on any atom is 0.255 e. The average Bonchev–Trinajstić information content (AvgIpc) is 3.22. The van der Waals surface area contributed by atoms with Crippen LogP contribution in [-0.2, 0) is 4.79 Å². The maximum atomic E-state index is 13.4. The van der Waals surface area contributed by atoms with E-state index in [-0.39, 0.29) is 18.6 Å². The van der Waals surface area contributed by atoms with Crippen LogP contribution in [0.5, 0.6) is 11.5 Å². The number of hydrogen-bond acceptors (Lipinski definition) is 5. The minimum Gasteiger partial charge on any atom is -0.454 e. The Balaban J connectivity index is 1.45. The number of rotatable bonds is 2. The van der Waals surface area contributed by atoms with Gasteiger partial charge in [-0.25, -0.2) is 0 Å². The lowest BCUT2D eigenvalue weighted by atomic mass is 9.89. The lowest BCUT2D eigenvalue weighted by Crippen LogP contribution is -2.53. The summed E-state index contributed by atoms with van der Waals surface area (Å²) >= 11 is 0. The van der Waals surface area contributed by atoms with E-state index in [4.69, 9.17) is 9.47 Å². The van der Waals surface area contributed by atoms with Gasteiger partial charge < -0.3 is 19.7 Å². The standard InChI is InChI=1S/C25H29N3O3/c1-16-4-6-20-7-8-21(27-12-17(2)26-18(3)13-27)14-28(20)25(29)11-22(16)19-5-9-23-24(10-19)31-15-30-23/h5-11,14,16-18,26H,4,12-13,15H2,1-3H3. The van der Waals surface area contributed by atoms with Crippen molar-refractivity contribution in [3.8, 4) is 11.5 Å². The summed E-state index contributed by atoms with van der Waals surface area (Å²) in [5, 5.41) is 3.56. The van der Waals surface area contributed by atoms with Crippen LogP contribution < -0.4 is 14.8 Å². The van der Waals surface area contributed by atoms with Crippen LogP contribution in [-0.4, -0.2) is 47.7 Å². The summed E-state index contributed by atoms with van der Waals surface area (Å²) in [7, 11) is 0. The third-order valence-corrected chi connectivity index (χ3v) is 6.32. The molecule has 0 radical (unpaired) electrons. The van der Waals surface area contributed by atoms with Crippen molar-refractivity contribution in [2.45, 2.75) is 39.3 Å². The monoisotopic (exact) mass is 419 g/mol. The molecule has 1 fully saturated rings. The van der Waals surface area contributed by atoms with Crippen molar-refractivity contribution in [1.29, 1.82) is 0 Å². The van der Waals surface area contributed by atoms with Crippen molar-refractivity contribution < 1.29 is 14.3 Å². The quantitative estimate of drug-likeness (QED) is 0.793. The molecule has 3 unspecified atom stereocenters. The van der Waals surface area contributed by atoms with Crippen LogP contribution in [0.15, 0.2) is 60.1 Å². The van der Waals surface area contributed by atoms with E-state index < -0.39 is 0 Å². The van der Waals surface area contributed by atoms with Gasteiger partial charge in [0.1, 0.15) is 0 Å². The highest BCUT2D eigenvalue weighted by Gasteiger charge is 2.27. The fourth-order valence-corrected chi connectivity index (χ4v) is 4.80. The molecule has 4 aliphatic heterocycles. The molecule has 4 heterocycles. The Bertz CT molecular complexity index is 1010. The molecule has 0 spiro atoms. The summed E-state index contributed by atoms with van der Waals surface area (Å²) in [6.07, 6.45) is 11.0. The molecule has 31 heavy (non-hydrogen) atoms. The van der Waals surface area contributed by atoms with Crippen LogP contribution in [0.25, 0.3) is 5.57 Å². The van der Waals surface area contributed by atoms with Gasteiger partial charge in [-0.3, -0.25) is 9.69 Å². The molecule has 0 saturated carbocycles. The lowest BCUT2D eigenvalue weighted by Gasteiger charge is -2.39. The van der Waals surface area contributed by atoms with Gasteiger partial charge in [0.05, 0.1) is 5.70 Å². The average molecular weight is 420 g/mol. The highest BCUT2D eigenvalue weighted by Crippen LogP contribution is 2.38. The Morgan fingerprint density at radius 3 is 2.55 bits per heavy atom. The number of piperazine rings is 1. The molecule has 0 bridgehead atoms. The van der Waals surface area contributed by atoms with Gasteiger partial charge in [-0.1, -0.05) is 19.1 Å². The van der Waals surface area contributed by atoms with Gasteiger partial charge in [-0.15, -0.1) is 0 Å². The number of carbonyl (C=O) groups excluding carboxylic acids is 1. The van der Waals surface area contributed by atoms with Crippen LogP contribution in [0.1, 0.15) is 32.8 Å². The molecule has 6 heteroatoms. The van der Waals surface area contributed by atoms with E-state index in [1.165, 1.54) is 0 Å². The summed E-state index contributed by atoms with van der Waals surface area (Å²) in [5.41, 5.74) is 4.05. The Hall–Kier alpha value is -2.99. The molecule has 1 aromatic carbocycles. The molecule has 3 atom stereocenters. The number of allylic oxidation sites excluding steroid dienone is 4. The van der Waals surface area contributed by atoms with E-state index in [0.29, 0.717) is 12.1 Å². The fraction of sp³-hybridized carbons (Fsp3) is 0.400. The van der Waals surface area contributed by atoms with E-state index in [1.54, 1.807) is 11.0 Å². The highest BCUT2D eigenvalue weighted by atomic mass is 16.7. The smallest absolute Gasteiger partial charge is 0.255 e. The van der Waals surface area contributed by atoms with E-state index in [9.17, 15) is 4.79 Å². The summed E-state index contributed by atoms with van der Waals surface area (Å²) in [4.78, 5) is 17.5. The third-order valence-electron chi connectivity index (χ3n) is 6.32. The largest absolute Gasteiger partial charge is 0.454 e. The minimum absolute atomic E-state index is 0.0245. The topological polar surface area (TPSA) is 54.0 Å². The first-order valence-corrected chi connectivity index (χ1v) is 11.0. The Labute approximate surface area is 183 Å². The molecular formula is C25H29N3O3. The molecule has 4 aliphatic rings. The van der Waals surface area contributed by atoms with Crippen LogP contribution in [0.2, 0.25) is 0 Å². The first kappa shape index (κ1) is 19.9. The second kappa shape index (κ2) is 7.93. The number of ether oxygens (including phenoxy) is 2. The van der Waals surface area contributed by atoms with Gasteiger partial charge in [-0.2, -0.15) is 0 Å². The van der Waals surface area contributed by atoms with Crippen molar-refractivity contribution in [2.75, 3.05) is 19.9 Å². The van der Waals surface area contributed by atoms with Crippen molar-refractivity contribution in [2.24, 2.45) is 5.92 Å². The van der Waals surface area contributed by atoms with E-state index >= 15 is 0 Å². The van der Waals surface area contributed by atoms with Gasteiger partial charge in [0, 0.05) is 43.1 Å². The van der Waals surface area contributed by atoms with Crippen molar-refractivity contribution >= 4 is 11.5 Å². The zero-order valence-electron chi connectivity index (χ0n) is 18.3. The number of amides is 1. The Morgan fingerprint density at radius 1 is 1.00 bits per heavy atom. The highest BCUT2D eigenvalue weighted by molar-refractivity contribution is 5.98. The van der Waals surface area contributed by atoms with Gasteiger partial charge in [0.25, 0.3) is 5.91 Å². The molecule has 5 rings (SSSR count). The lowest BCUT2D eigenvalue weighted by molar-refractivity contribution is -0.122. The number of benzene rings is 1. The van der Waals surface area contributed by atoms with Gasteiger partial charge in [0.2, 0.25) is 6.79 Å². The van der Waals surface area contributed by atoms with E-state index in [2.05, 4.69) is 49.2 Å². The number of carbonyl (C=O) groups is 1. The molecule has 0 aliphatic carbocycles. The molecule has 1 N–H and O–H groups in total. The second-order valence-corrected chi connectivity index (χ2v) is 8.90. The number of nitrogens with zero attached hydrogens (tertiary/aromatic N) is 2. The zero-order chi connectivity index (χ0) is 21.5. The molecule has 1 aromatic rings. The van der Waals surface area contributed by atoms with E-state index in [0.717, 1.165) is 53.5 Å². The second-order valence-electron chi connectivity index (χ2n) is 8.90. The van der Waals surface area contributed by atoms with Crippen LogP contribution in [0.3, 0.4) is 0 Å². The third kappa shape index (κ3) is 3.88. The Morgan fingerprint density at radius 2 is 1.74 bits per heavy atom. The summed E-state index contributed by atoms with van der Waals surface area (Å²) in [6.45, 7) is 8.66. The van der Waals surface area contributed by atoms with Crippen LogP contribution in [0, 0.1) is 5.92 Å². The predicted octanol–water partition coefficient (Wildman–Crippen LogP) is 3.64. The first-order chi connectivity index (χ1) is 15.0. The van der Waals surface area contributed by atoms with Crippen molar-refractivity contribution in [1.82, 2.24) is 15.1 Å². The molecule has 0 aromatic heterocycles. The van der Waals surface area contributed by atoms with Crippen molar-refractivity contribution in [3.05, 3.63) is 65.7 Å². The van der Waals surface area contributed by atoms with E-state index in [1.807, 2.05) is 24.4 Å². The Kier molecular flexibility index (Phi) is 5.10. The number of hydrogen-bond donors (Lipinski definition) is 1. The summed E-state index contributed by atoms with van der Waals surface area (Å²) in [6, 6.07) is 6.73. The van der Waals surface area contributed by atoms with Crippen molar-refractivity contribution in [3.63, 3.8) is 0 Å². The zero-order valence-corrected chi connectivity index (χ0v) is 18.3. The van der Waals surface area contributed by atoms with Crippen LogP contribution in [0.4, 0.5) is 0 Å². The maximum absolute atomic E-state index is 13.4. The predicted molar refractivity (Wildman–Crippen MR) is 120 cm³/mol. The first-order valence-electron chi connectivity index (χ1n) is 11.0. The molecular weight excluding hydrogens is 390 g/mol. The number of fused-ring (bicyclic) bond motifs is 2. The fourth-order valence-electron chi connectivity index (χ4n) is 4.80. The summed E-state index contributed by atoms with van der Waals surface area (Å²) in [5.74, 6) is 1.68. The van der Waals surface area contributed by atoms with Gasteiger partial charge in [0.15, 0.2) is 11.5 Å². The van der Waals surface area contributed by atoms with Crippen LogP contribution >= 0.6 is 0 Å². The minimum atomic E-state index is -0.0245. The SMILES string of the molecule is CC1CN(C2=CN3C(=O)C=C(c4ccc5c(c4)OCO5)C(C)CC=C3C=C2)CC(C)N1. The molecule has 1 amide bonds. The van der Waals surface area contributed by atoms with Gasteiger partial charge in [-0.05, 0) is 61.6 Å². The molecule has 1 saturated heterocycles. The summed E-state index contributed by atoms with van der Waals surface area (Å²) < 4.78 is 11.0. The molecule has 162 valence electrons. The number of nitrogens with one attached hydrogen (secondary N) is 1. The van der Waals surface area contributed by atoms with Gasteiger partial charge >= 0.3 is 0 Å².